The number of ether oxygens (including phenoxy) is 1. The second-order valence-electron chi connectivity index (χ2n) is 5.92. The molecule has 136 valence electrons. The van der Waals surface area contributed by atoms with E-state index in [0.29, 0.717) is 46.8 Å². The summed E-state index contributed by atoms with van der Waals surface area (Å²) in [6, 6.07) is 13.4. The van der Waals surface area contributed by atoms with E-state index in [9.17, 15) is 4.39 Å². The molecule has 4 aromatic rings. The van der Waals surface area contributed by atoms with Gasteiger partial charge >= 0.3 is 0 Å². The van der Waals surface area contributed by atoms with Crippen LogP contribution in [0.15, 0.2) is 57.5 Å². The third-order valence-electron chi connectivity index (χ3n) is 4.11. The molecular formula is C20H16FN3O3. The molecule has 0 amide bonds. The third kappa shape index (κ3) is 3.44. The Bertz CT molecular complexity index is 1070. The van der Waals surface area contributed by atoms with Gasteiger partial charge in [-0.15, -0.1) is 0 Å². The predicted molar refractivity (Wildman–Crippen MR) is 95.7 cm³/mol. The van der Waals surface area contributed by atoms with Gasteiger partial charge in [0.2, 0.25) is 5.89 Å². The van der Waals surface area contributed by atoms with Gasteiger partial charge in [-0.05, 0) is 43.3 Å². The summed E-state index contributed by atoms with van der Waals surface area (Å²) in [6.45, 7) is 1.84. The van der Waals surface area contributed by atoms with Crippen molar-refractivity contribution in [1.82, 2.24) is 15.1 Å². The standard InChI is InChI=1S/C20H16FN3O3/c1-12-16(22-20(26-12)15-5-3-4-6-17(15)25-2)11-18-23-19(27-24-18)13-7-9-14(21)10-8-13/h3-10H,11H2,1-2H3. The molecule has 0 aliphatic heterocycles. The second kappa shape index (κ2) is 7.03. The third-order valence-corrected chi connectivity index (χ3v) is 4.11. The van der Waals surface area contributed by atoms with Gasteiger partial charge < -0.3 is 13.7 Å². The molecule has 0 radical (unpaired) electrons. The first kappa shape index (κ1) is 17.0. The summed E-state index contributed by atoms with van der Waals surface area (Å²) in [5, 5.41) is 3.98. The minimum Gasteiger partial charge on any atom is -0.496 e. The highest BCUT2D eigenvalue weighted by molar-refractivity contribution is 5.63. The Morgan fingerprint density at radius 2 is 1.78 bits per heavy atom. The van der Waals surface area contributed by atoms with E-state index in [2.05, 4.69) is 15.1 Å². The Labute approximate surface area is 154 Å². The Morgan fingerprint density at radius 3 is 2.56 bits per heavy atom. The molecule has 0 fully saturated rings. The lowest BCUT2D eigenvalue weighted by molar-refractivity contribution is 0.414. The number of halogens is 1. The molecule has 6 nitrogen and oxygen atoms in total. The topological polar surface area (TPSA) is 74.2 Å². The lowest BCUT2D eigenvalue weighted by atomic mass is 10.2. The average molecular weight is 365 g/mol. The van der Waals surface area contributed by atoms with Crippen LogP contribution in [0.4, 0.5) is 4.39 Å². The number of aromatic nitrogens is 3. The summed E-state index contributed by atoms with van der Waals surface area (Å²) in [6.07, 6.45) is 0.356. The van der Waals surface area contributed by atoms with Crippen molar-refractivity contribution < 1.29 is 18.1 Å². The first-order chi connectivity index (χ1) is 13.1. The van der Waals surface area contributed by atoms with Crippen LogP contribution in [0.3, 0.4) is 0 Å². The van der Waals surface area contributed by atoms with E-state index in [1.54, 1.807) is 19.2 Å². The molecule has 0 saturated carbocycles. The van der Waals surface area contributed by atoms with Crippen molar-refractivity contribution in [3.63, 3.8) is 0 Å². The van der Waals surface area contributed by atoms with Crippen molar-refractivity contribution in [2.24, 2.45) is 0 Å². The fourth-order valence-corrected chi connectivity index (χ4v) is 2.71. The van der Waals surface area contributed by atoms with Gasteiger partial charge in [0.15, 0.2) is 5.82 Å². The fraction of sp³-hybridized carbons (Fsp3) is 0.150. The fourth-order valence-electron chi connectivity index (χ4n) is 2.71. The maximum absolute atomic E-state index is 13.0. The first-order valence-electron chi connectivity index (χ1n) is 8.32. The van der Waals surface area contributed by atoms with Gasteiger partial charge in [0.25, 0.3) is 5.89 Å². The number of oxazole rings is 1. The molecule has 27 heavy (non-hydrogen) atoms. The Morgan fingerprint density at radius 1 is 1.00 bits per heavy atom. The molecule has 4 rings (SSSR count). The molecule has 0 bridgehead atoms. The molecule has 2 aromatic heterocycles. The smallest absolute Gasteiger partial charge is 0.257 e. The largest absolute Gasteiger partial charge is 0.496 e. The normalized spacial score (nSPS) is 10.9. The number of rotatable bonds is 5. The van der Waals surface area contributed by atoms with Gasteiger partial charge in [0, 0.05) is 5.56 Å². The predicted octanol–water partition coefficient (Wildman–Crippen LogP) is 4.44. The van der Waals surface area contributed by atoms with Crippen LogP contribution in [-0.2, 0) is 6.42 Å². The molecule has 0 aliphatic carbocycles. The molecule has 0 unspecified atom stereocenters. The minimum atomic E-state index is -0.319. The molecule has 0 aliphatic rings. The van der Waals surface area contributed by atoms with Crippen LogP contribution in [-0.4, -0.2) is 22.2 Å². The summed E-state index contributed by atoms with van der Waals surface area (Å²) in [7, 11) is 1.60. The summed E-state index contributed by atoms with van der Waals surface area (Å²) >= 11 is 0. The number of nitrogens with zero attached hydrogens (tertiary/aromatic N) is 3. The molecule has 0 saturated heterocycles. The van der Waals surface area contributed by atoms with Crippen molar-refractivity contribution >= 4 is 0 Å². The van der Waals surface area contributed by atoms with Crippen LogP contribution >= 0.6 is 0 Å². The zero-order valence-corrected chi connectivity index (χ0v) is 14.8. The van der Waals surface area contributed by atoms with Crippen LogP contribution < -0.4 is 4.74 Å². The lowest BCUT2D eigenvalue weighted by Crippen LogP contribution is -1.94. The zero-order valence-electron chi connectivity index (χ0n) is 14.8. The highest BCUT2D eigenvalue weighted by Gasteiger charge is 2.17. The van der Waals surface area contributed by atoms with E-state index in [-0.39, 0.29) is 5.82 Å². The van der Waals surface area contributed by atoms with Crippen LogP contribution in [0.5, 0.6) is 5.75 Å². The Balaban J connectivity index is 1.59. The van der Waals surface area contributed by atoms with E-state index < -0.39 is 0 Å². The summed E-state index contributed by atoms with van der Waals surface area (Å²) in [4.78, 5) is 8.92. The maximum atomic E-state index is 13.0. The summed E-state index contributed by atoms with van der Waals surface area (Å²) < 4.78 is 29.5. The molecular weight excluding hydrogens is 349 g/mol. The molecule has 0 N–H and O–H groups in total. The van der Waals surface area contributed by atoms with Gasteiger partial charge in [0.05, 0.1) is 24.8 Å². The average Bonchev–Trinajstić information content (AvgIpc) is 3.30. The monoisotopic (exact) mass is 365 g/mol. The van der Waals surface area contributed by atoms with Crippen molar-refractivity contribution in [2.45, 2.75) is 13.3 Å². The Hall–Kier alpha value is -3.48. The number of hydrogen-bond acceptors (Lipinski definition) is 6. The van der Waals surface area contributed by atoms with Gasteiger partial charge in [-0.3, -0.25) is 0 Å². The molecule has 2 heterocycles. The van der Waals surface area contributed by atoms with Gasteiger partial charge in [-0.2, -0.15) is 4.98 Å². The van der Waals surface area contributed by atoms with Crippen LogP contribution in [0.25, 0.3) is 22.9 Å². The molecule has 0 atom stereocenters. The minimum absolute atomic E-state index is 0.319. The summed E-state index contributed by atoms with van der Waals surface area (Å²) in [5.41, 5.74) is 2.14. The maximum Gasteiger partial charge on any atom is 0.257 e. The first-order valence-corrected chi connectivity index (χ1v) is 8.32. The zero-order chi connectivity index (χ0) is 18.8. The van der Waals surface area contributed by atoms with Gasteiger partial charge in [0.1, 0.15) is 17.3 Å². The van der Waals surface area contributed by atoms with E-state index >= 15 is 0 Å². The van der Waals surface area contributed by atoms with Crippen LogP contribution in [0, 0.1) is 12.7 Å². The number of methoxy groups -OCH3 is 1. The second-order valence-corrected chi connectivity index (χ2v) is 5.92. The van der Waals surface area contributed by atoms with Crippen molar-refractivity contribution in [1.29, 1.82) is 0 Å². The van der Waals surface area contributed by atoms with E-state index in [1.807, 2.05) is 31.2 Å². The van der Waals surface area contributed by atoms with E-state index in [1.165, 1.54) is 12.1 Å². The van der Waals surface area contributed by atoms with Crippen LogP contribution in [0.1, 0.15) is 17.3 Å². The van der Waals surface area contributed by atoms with Gasteiger partial charge in [-0.25, -0.2) is 9.37 Å². The summed E-state index contributed by atoms with van der Waals surface area (Å²) in [5.74, 6) is 2.31. The quantitative estimate of drug-likeness (QED) is 0.521. The van der Waals surface area contributed by atoms with Crippen molar-refractivity contribution in [3.05, 3.63) is 71.6 Å². The SMILES string of the molecule is COc1ccccc1-c1nc(Cc2noc(-c3ccc(F)cc3)n2)c(C)o1. The number of benzene rings is 2. The number of hydrogen-bond donors (Lipinski definition) is 0. The molecule has 7 heteroatoms. The highest BCUT2D eigenvalue weighted by Crippen LogP contribution is 2.30. The lowest BCUT2D eigenvalue weighted by Gasteiger charge is -2.03. The highest BCUT2D eigenvalue weighted by atomic mass is 19.1. The van der Waals surface area contributed by atoms with Crippen LogP contribution in [0.2, 0.25) is 0 Å². The van der Waals surface area contributed by atoms with Gasteiger partial charge in [-0.1, -0.05) is 17.3 Å². The molecule has 2 aromatic carbocycles. The van der Waals surface area contributed by atoms with Crippen molar-refractivity contribution in [3.8, 4) is 28.7 Å². The van der Waals surface area contributed by atoms with E-state index in [4.69, 9.17) is 13.7 Å². The number of aryl methyl sites for hydroxylation is 1. The Kier molecular flexibility index (Phi) is 4.42. The molecule has 0 spiro atoms. The van der Waals surface area contributed by atoms with E-state index in [0.717, 1.165) is 5.56 Å². The number of para-hydroxylation sites is 1. The van der Waals surface area contributed by atoms with Crippen molar-refractivity contribution in [2.75, 3.05) is 7.11 Å².